The molecule has 22 heavy (non-hydrogen) atoms. The SMILES string of the molecule is CC1CCC(C(=O)NC2CCCN(c3ccccc3)C2)CC1. The molecule has 2 aliphatic rings. The van der Waals surface area contributed by atoms with Crippen LogP contribution in [0.25, 0.3) is 0 Å². The Morgan fingerprint density at radius 2 is 1.82 bits per heavy atom. The van der Waals surface area contributed by atoms with Gasteiger partial charge in [-0.15, -0.1) is 0 Å². The van der Waals surface area contributed by atoms with Crippen molar-refractivity contribution in [1.82, 2.24) is 5.32 Å². The summed E-state index contributed by atoms with van der Waals surface area (Å²) in [5.41, 5.74) is 1.27. The number of hydrogen-bond acceptors (Lipinski definition) is 2. The van der Waals surface area contributed by atoms with Crippen molar-refractivity contribution in [2.45, 2.75) is 51.5 Å². The lowest BCUT2D eigenvalue weighted by molar-refractivity contribution is -0.126. The Morgan fingerprint density at radius 3 is 2.55 bits per heavy atom. The van der Waals surface area contributed by atoms with Crippen LogP contribution in [0.2, 0.25) is 0 Å². The van der Waals surface area contributed by atoms with E-state index in [0.717, 1.165) is 44.7 Å². The number of carbonyl (C=O) groups is 1. The van der Waals surface area contributed by atoms with Gasteiger partial charge in [-0.05, 0) is 56.6 Å². The zero-order valence-electron chi connectivity index (χ0n) is 13.6. The first-order chi connectivity index (χ1) is 10.7. The van der Waals surface area contributed by atoms with Gasteiger partial charge in [0.15, 0.2) is 0 Å². The second kappa shape index (κ2) is 7.17. The number of nitrogens with zero attached hydrogens (tertiary/aromatic N) is 1. The van der Waals surface area contributed by atoms with Crippen molar-refractivity contribution >= 4 is 11.6 Å². The quantitative estimate of drug-likeness (QED) is 0.925. The molecule has 1 aliphatic heterocycles. The lowest BCUT2D eigenvalue weighted by Crippen LogP contribution is -2.49. The highest BCUT2D eigenvalue weighted by Gasteiger charge is 2.27. The highest BCUT2D eigenvalue weighted by Crippen LogP contribution is 2.28. The number of rotatable bonds is 3. The third-order valence-electron chi connectivity index (χ3n) is 5.28. The van der Waals surface area contributed by atoms with Crippen molar-refractivity contribution in [3.05, 3.63) is 30.3 Å². The van der Waals surface area contributed by atoms with Gasteiger partial charge in [0.1, 0.15) is 0 Å². The monoisotopic (exact) mass is 300 g/mol. The van der Waals surface area contributed by atoms with Crippen LogP contribution in [0.5, 0.6) is 0 Å². The Labute approximate surface area is 134 Å². The van der Waals surface area contributed by atoms with Crippen LogP contribution in [0.15, 0.2) is 30.3 Å². The third kappa shape index (κ3) is 3.82. The molecule has 1 aromatic carbocycles. The molecule has 1 amide bonds. The van der Waals surface area contributed by atoms with E-state index in [-0.39, 0.29) is 5.92 Å². The fourth-order valence-corrected chi connectivity index (χ4v) is 3.81. The summed E-state index contributed by atoms with van der Waals surface area (Å²) < 4.78 is 0. The molecule has 0 aromatic heterocycles. The first-order valence-electron chi connectivity index (χ1n) is 8.83. The number of anilines is 1. The van der Waals surface area contributed by atoms with Gasteiger partial charge in [-0.25, -0.2) is 0 Å². The molecule has 1 heterocycles. The van der Waals surface area contributed by atoms with Crippen molar-refractivity contribution < 1.29 is 4.79 Å². The average Bonchev–Trinajstić information content (AvgIpc) is 2.56. The standard InChI is InChI=1S/C19H28N2O/c1-15-9-11-16(12-10-15)19(22)20-17-6-5-13-21(14-17)18-7-3-2-4-8-18/h2-4,7-8,15-17H,5-6,9-14H2,1H3,(H,20,22). The van der Waals surface area contributed by atoms with E-state index in [1.165, 1.54) is 18.5 Å². The van der Waals surface area contributed by atoms with Gasteiger partial charge in [0, 0.05) is 30.7 Å². The number of nitrogens with one attached hydrogen (secondary N) is 1. The molecule has 3 rings (SSSR count). The van der Waals surface area contributed by atoms with Gasteiger partial charge in [0.2, 0.25) is 5.91 Å². The number of para-hydroxylation sites is 1. The van der Waals surface area contributed by atoms with E-state index in [1.807, 2.05) is 0 Å². The van der Waals surface area contributed by atoms with Crippen LogP contribution in [0.1, 0.15) is 45.4 Å². The summed E-state index contributed by atoms with van der Waals surface area (Å²) in [5.74, 6) is 1.35. The molecule has 0 radical (unpaired) electrons. The van der Waals surface area contributed by atoms with E-state index in [9.17, 15) is 4.79 Å². The first-order valence-corrected chi connectivity index (χ1v) is 8.83. The molecular weight excluding hydrogens is 272 g/mol. The largest absolute Gasteiger partial charge is 0.369 e. The molecule has 1 aliphatic carbocycles. The molecule has 2 fully saturated rings. The first kappa shape index (κ1) is 15.4. The lowest BCUT2D eigenvalue weighted by atomic mass is 9.82. The second-order valence-electron chi connectivity index (χ2n) is 7.09. The van der Waals surface area contributed by atoms with E-state index in [0.29, 0.717) is 11.9 Å². The molecule has 1 saturated heterocycles. The van der Waals surface area contributed by atoms with Crippen molar-refractivity contribution in [2.24, 2.45) is 11.8 Å². The zero-order valence-corrected chi connectivity index (χ0v) is 13.6. The minimum absolute atomic E-state index is 0.253. The highest BCUT2D eigenvalue weighted by molar-refractivity contribution is 5.79. The van der Waals surface area contributed by atoms with Crippen LogP contribution >= 0.6 is 0 Å². The molecule has 1 unspecified atom stereocenters. The van der Waals surface area contributed by atoms with Crippen molar-refractivity contribution in [1.29, 1.82) is 0 Å². The van der Waals surface area contributed by atoms with Gasteiger partial charge in [-0.3, -0.25) is 4.79 Å². The summed E-state index contributed by atoms with van der Waals surface area (Å²) in [7, 11) is 0. The van der Waals surface area contributed by atoms with E-state index in [1.54, 1.807) is 0 Å². The summed E-state index contributed by atoms with van der Waals surface area (Å²) in [4.78, 5) is 14.9. The Bertz CT molecular complexity index is 479. The van der Waals surface area contributed by atoms with Crippen molar-refractivity contribution in [3.63, 3.8) is 0 Å². The topological polar surface area (TPSA) is 32.3 Å². The maximum absolute atomic E-state index is 12.5. The van der Waals surface area contributed by atoms with Crippen molar-refractivity contribution in [2.75, 3.05) is 18.0 Å². The highest BCUT2D eigenvalue weighted by atomic mass is 16.1. The normalized spacial score (nSPS) is 29.1. The van der Waals surface area contributed by atoms with Gasteiger partial charge in [-0.1, -0.05) is 25.1 Å². The Balaban J connectivity index is 1.53. The predicted octanol–water partition coefficient (Wildman–Crippen LogP) is 3.60. The minimum Gasteiger partial charge on any atom is -0.369 e. The summed E-state index contributed by atoms with van der Waals surface area (Å²) in [5, 5.41) is 3.32. The molecule has 1 atom stereocenters. The molecule has 120 valence electrons. The summed E-state index contributed by atoms with van der Waals surface area (Å²) >= 11 is 0. The smallest absolute Gasteiger partial charge is 0.223 e. The van der Waals surface area contributed by atoms with Crippen LogP contribution in [-0.4, -0.2) is 25.0 Å². The number of amides is 1. The molecule has 0 spiro atoms. The maximum atomic E-state index is 12.5. The van der Waals surface area contributed by atoms with Crippen LogP contribution in [0, 0.1) is 11.8 Å². The molecular formula is C19H28N2O. The molecule has 3 heteroatoms. The average molecular weight is 300 g/mol. The van der Waals surface area contributed by atoms with Gasteiger partial charge in [0.25, 0.3) is 0 Å². The summed E-state index contributed by atoms with van der Waals surface area (Å²) in [6, 6.07) is 10.8. The number of carbonyl (C=O) groups excluding carboxylic acids is 1. The summed E-state index contributed by atoms with van der Waals surface area (Å²) in [6.45, 7) is 4.34. The number of piperidine rings is 1. The van der Waals surface area contributed by atoms with Crippen LogP contribution in [-0.2, 0) is 4.79 Å². The number of benzene rings is 1. The Morgan fingerprint density at radius 1 is 1.09 bits per heavy atom. The van der Waals surface area contributed by atoms with Gasteiger partial charge in [0.05, 0.1) is 0 Å². The molecule has 3 nitrogen and oxygen atoms in total. The molecule has 1 saturated carbocycles. The molecule has 1 N–H and O–H groups in total. The van der Waals surface area contributed by atoms with Crippen LogP contribution in [0.3, 0.4) is 0 Å². The van der Waals surface area contributed by atoms with Crippen LogP contribution < -0.4 is 10.2 Å². The fraction of sp³-hybridized carbons (Fsp3) is 0.632. The van der Waals surface area contributed by atoms with E-state index in [2.05, 4.69) is 47.5 Å². The third-order valence-corrected chi connectivity index (χ3v) is 5.28. The fourth-order valence-electron chi connectivity index (χ4n) is 3.81. The van der Waals surface area contributed by atoms with Gasteiger partial charge >= 0.3 is 0 Å². The predicted molar refractivity (Wildman–Crippen MR) is 90.9 cm³/mol. The number of hydrogen-bond donors (Lipinski definition) is 1. The van der Waals surface area contributed by atoms with E-state index >= 15 is 0 Å². The Hall–Kier alpha value is -1.51. The second-order valence-corrected chi connectivity index (χ2v) is 7.09. The maximum Gasteiger partial charge on any atom is 0.223 e. The van der Waals surface area contributed by atoms with E-state index in [4.69, 9.17) is 0 Å². The lowest BCUT2D eigenvalue weighted by Gasteiger charge is -2.36. The van der Waals surface area contributed by atoms with Crippen molar-refractivity contribution in [3.8, 4) is 0 Å². The van der Waals surface area contributed by atoms with Gasteiger partial charge < -0.3 is 10.2 Å². The summed E-state index contributed by atoms with van der Waals surface area (Å²) in [6.07, 6.45) is 6.82. The Kier molecular flexibility index (Phi) is 5.01. The zero-order chi connectivity index (χ0) is 15.4. The van der Waals surface area contributed by atoms with Gasteiger partial charge in [-0.2, -0.15) is 0 Å². The molecule has 1 aromatic rings. The molecule has 0 bridgehead atoms. The van der Waals surface area contributed by atoms with E-state index < -0.39 is 0 Å². The van der Waals surface area contributed by atoms with Crippen LogP contribution in [0.4, 0.5) is 5.69 Å². The minimum atomic E-state index is 0.253.